The average molecular weight is 469 g/mol. The van der Waals surface area contributed by atoms with Crippen molar-refractivity contribution in [3.8, 4) is 11.5 Å². The number of amides is 1. The molecule has 7 nitrogen and oxygen atoms in total. The fourth-order valence-corrected chi connectivity index (χ4v) is 4.48. The number of hydrogen-bond acceptors (Lipinski definition) is 6. The molecule has 2 aromatic rings. The van der Waals surface area contributed by atoms with Crippen LogP contribution < -0.4 is 9.47 Å². The van der Waals surface area contributed by atoms with Crippen LogP contribution in [0.5, 0.6) is 11.5 Å². The molecule has 0 bridgehead atoms. The summed E-state index contributed by atoms with van der Waals surface area (Å²) in [4.78, 5) is 29.8. The number of ketones is 1. The zero-order valence-corrected chi connectivity index (χ0v) is 19.4. The molecule has 2 heterocycles. The number of carbonyl (C=O) groups is 2. The highest BCUT2D eigenvalue weighted by atomic mass is 19.1. The summed E-state index contributed by atoms with van der Waals surface area (Å²) >= 11 is 0. The molecule has 0 saturated carbocycles. The second kappa shape index (κ2) is 10.3. The molecule has 180 valence electrons. The van der Waals surface area contributed by atoms with Crippen molar-refractivity contribution < 1.29 is 28.6 Å². The number of nitrogens with zero attached hydrogens (tertiary/aromatic N) is 2. The van der Waals surface area contributed by atoms with Crippen molar-refractivity contribution in [2.24, 2.45) is 0 Å². The minimum atomic E-state index is -1.02. The van der Waals surface area contributed by atoms with E-state index in [0.29, 0.717) is 36.7 Å². The fraction of sp³-hybridized carbons (Fsp3) is 0.385. The Hall–Kier alpha value is -3.39. The van der Waals surface area contributed by atoms with E-state index in [0.717, 1.165) is 19.6 Å². The number of fused-ring (bicyclic) bond motifs is 1. The van der Waals surface area contributed by atoms with Gasteiger partial charge in [0.2, 0.25) is 0 Å². The van der Waals surface area contributed by atoms with Gasteiger partial charge in [-0.3, -0.25) is 9.59 Å². The van der Waals surface area contributed by atoms with Crippen LogP contribution in [0.3, 0.4) is 0 Å². The lowest BCUT2D eigenvalue weighted by Gasteiger charge is -2.27. The molecular weight excluding hydrogens is 439 g/mol. The topological polar surface area (TPSA) is 79.3 Å². The van der Waals surface area contributed by atoms with Crippen LogP contribution in [0, 0.1) is 5.82 Å². The van der Waals surface area contributed by atoms with Gasteiger partial charge in [0.1, 0.15) is 24.8 Å². The minimum absolute atomic E-state index is 0.130. The minimum Gasteiger partial charge on any atom is -0.507 e. The van der Waals surface area contributed by atoms with Gasteiger partial charge >= 0.3 is 0 Å². The van der Waals surface area contributed by atoms with Crippen LogP contribution in [0.2, 0.25) is 0 Å². The molecule has 8 heteroatoms. The molecule has 34 heavy (non-hydrogen) atoms. The van der Waals surface area contributed by atoms with Gasteiger partial charge in [0.15, 0.2) is 11.5 Å². The van der Waals surface area contributed by atoms with Crippen molar-refractivity contribution in [2.75, 3.05) is 39.4 Å². The van der Waals surface area contributed by atoms with Gasteiger partial charge in [-0.2, -0.15) is 0 Å². The van der Waals surface area contributed by atoms with Crippen LogP contribution in [0.25, 0.3) is 5.76 Å². The van der Waals surface area contributed by atoms with Gasteiger partial charge in [-0.05, 0) is 50.3 Å². The van der Waals surface area contributed by atoms with Gasteiger partial charge in [-0.15, -0.1) is 0 Å². The molecule has 2 aliphatic rings. The number of carbonyl (C=O) groups excluding carboxylic acids is 2. The molecule has 1 fully saturated rings. The first-order valence-corrected chi connectivity index (χ1v) is 11.6. The predicted octanol–water partition coefficient (Wildman–Crippen LogP) is 3.75. The number of aliphatic hydroxyl groups is 1. The molecular formula is C26H29FN2O5. The van der Waals surface area contributed by atoms with Gasteiger partial charge in [-0.25, -0.2) is 4.39 Å². The zero-order chi connectivity index (χ0) is 24.2. The van der Waals surface area contributed by atoms with Gasteiger partial charge in [0, 0.05) is 17.7 Å². The number of rotatable bonds is 8. The first-order chi connectivity index (χ1) is 16.5. The Bertz CT molecular complexity index is 1110. The number of Topliss-reactive ketones (excluding diaryl/α,β-unsaturated/α-hetero) is 1. The van der Waals surface area contributed by atoms with Crippen molar-refractivity contribution in [3.63, 3.8) is 0 Å². The smallest absolute Gasteiger partial charge is 0.295 e. The third kappa shape index (κ3) is 4.50. The molecule has 1 N–H and O–H groups in total. The van der Waals surface area contributed by atoms with E-state index in [1.54, 1.807) is 36.4 Å². The summed E-state index contributed by atoms with van der Waals surface area (Å²) in [7, 11) is 0. The van der Waals surface area contributed by atoms with Gasteiger partial charge < -0.3 is 24.4 Å². The van der Waals surface area contributed by atoms with Crippen molar-refractivity contribution in [1.29, 1.82) is 0 Å². The largest absolute Gasteiger partial charge is 0.507 e. The van der Waals surface area contributed by atoms with Crippen LogP contribution in [0.15, 0.2) is 48.0 Å². The molecule has 2 aliphatic heterocycles. The molecule has 0 aliphatic carbocycles. The van der Waals surface area contributed by atoms with E-state index in [2.05, 4.69) is 18.7 Å². The number of benzene rings is 2. The highest BCUT2D eigenvalue weighted by Gasteiger charge is 2.46. The monoisotopic (exact) mass is 468 g/mol. The first-order valence-electron chi connectivity index (χ1n) is 11.6. The lowest BCUT2D eigenvalue weighted by molar-refractivity contribution is -0.140. The summed E-state index contributed by atoms with van der Waals surface area (Å²) < 4.78 is 26.0. The van der Waals surface area contributed by atoms with E-state index in [4.69, 9.17) is 9.47 Å². The zero-order valence-electron chi connectivity index (χ0n) is 19.4. The summed E-state index contributed by atoms with van der Waals surface area (Å²) in [6.45, 7) is 7.64. The van der Waals surface area contributed by atoms with Crippen molar-refractivity contribution in [3.05, 3.63) is 65.0 Å². The van der Waals surface area contributed by atoms with Crippen molar-refractivity contribution in [1.82, 2.24) is 9.80 Å². The van der Waals surface area contributed by atoms with Crippen LogP contribution >= 0.6 is 0 Å². The third-order valence-electron chi connectivity index (χ3n) is 6.32. The van der Waals surface area contributed by atoms with Crippen molar-refractivity contribution >= 4 is 17.4 Å². The second-order valence-corrected chi connectivity index (χ2v) is 8.25. The number of halogens is 1. The number of ether oxygens (including phenoxy) is 2. The molecule has 1 amide bonds. The standard InChI is InChI=1S/C26H29FN2O5/c1-3-28(4-2)12-7-13-29-23(18-8-5-6-9-19(18)27)22(25(31)26(29)32)24(30)17-10-11-20-21(16-17)34-15-14-33-20/h5-6,8-11,16,23,30H,3-4,7,12-15H2,1-2H3. The SMILES string of the molecule is CCN(CC)CCCN1C(=O)C(=O)C(=C(O)c2ccc3c(c2)OCCO3)C1c1ccccc1F. The highest BCUT2D eigenvalue weighted by molar-refractivity contribution is 6.46. The number of likely N-dealkylation sites (tertiary alicyclic amines) is 1. The summed E-state index contributed by atoms with van der Waals surface area (Å²) in [5, 5.41) is 11.2. The second-order valence-electron chi connectivity index (χ2n) is 8.25. The molecule has 1 saturated heterocycles. The quantitative estimate of drug-likeness (QED) is 0.361. The summed E-state index contributed by atoms with van der Waals surface area (Å²) in [5.74, 6) is -1.52. The molecule has 0 spiro atoms. The normalized spacial score (nSPS) is 19.2. The van der Waals surface area contributed by atoms with E-state index in [-0.39, 0.29) is 23.4 Å². The molecule has 0 radical (unpaired) electrons. The summed E-state index contributed by atoms with van der Waals surface area (Å²) in [6, 6.07) is 9.80. The number of hydrogen-bond donors (Lipinski definition) is 1. The van der Waals surface area contributed by atoms with E-state index in [9.17, 15) is 19.1 Å². The fourth-order valence-electron chi connectivity index (χ4n) is 4.48. The Morgan fingerprint density at radius 2 is 1.79 bits per heavy atom. The van der Waals surface area contributed by atoms with Crippen LogP contribution in [-0.2, 0) is 9.59 Å². The molecule has 1 unspecified atom stereocenters. The van der Waals surface area contributed by atoms with Crippen LogP contribution in [-0.4, -0.2) is 66.0 Å². The Morgan fingerprint density at radius 3 is 2.50 bits per heavy atom. The average Bonchev–Trinajstić information content (AvgIpc) is 3.11. The lowest BCUT2D eigenvalue weighted by Crippen LogP contribution is -2.33. The molecule has 0 aromatic heterocycles. The Morgan fingerprint density at radius 1 is 1.09 bits per heavy atom. The molecule has 2 aromatic carbocycles. The Kier molecular flexibility index (Phi) is 7.17. The van der Waals surface area contributed by atoms with E-state index in [1.165, 1.54) is 11.0 Å². The van der Waals surface area contributed by atoms with Gasteiger partial charge in [0.05, 0.1) is 11.6 Å². The lowest BCUT2D eigenvalue weighted by atomic mass is 9.94. The van der Waals surface area contributed by atoms with E-state index >= 15 is 0 Å². The maximum Gasteiger partial charge on any atom is 0.295 e. The van der Waals surface area contributed by atoms with E-state index in [1.807, 2.05) is 0 Å². The van der Waals surface area contributed by atoms with Gasteiger partial charge in [0.25, 0.3) is 11.7 Å². The number of aliphatic hydroxyl groups excluding tert-OH is 1. The van der Waals surface area contributed by atoms with E-state index < -0.39 is 23.5 Å². The highest BCUT2D eigenvalue weighted by Crippen LogP contribution is 2.41. The summed E-state index contributed by atoms with van der Waals surface area (Å²) in [6.07, 6.45) is 0.615. The molecule has 4 rings (SSSR count). The maximum absolute atomic E-state index is 14.9. The third-order valence-corrected chi connectivity index (χ3v) is 6.32. The predicted molar refractivity (Wildman–Crippen MR) is 125 cm³/mol. The van der Waals surface area contributed by atoms with Crippen molar-refractivity contribution in [2.45, 2.75) is 26.3 Å². The first kappa shape index (κ1) is 23.8. The Labute approximate surface area is 198 Å². The van der Waals surface area contributed by atoms with Crippen LogP contribution in [0.4, 0.5) is 4.39 Å². The molecule has 1 atom stereocenters. The van der Waals surface area contributed by atoms with Gasteiger partial charge in [-0.1, -0.05) is 32.0 Å². The summed E-state index contributed by atoms with van der Waals surface area (Å²) in [5.41, 5.74) is 0.338. The Balaban J connectivity index is 1.75. The maximum atomic E-state index is 14.9. The van der Waals surface area contributed by atoms with Crippen LogP contribution in [0.1, 0.15) is 37.4 Å².